The second-order valence-corrected chi connectivity index (χ2v) is 13.6. The summed E-state index contributed by atoms with van der Waals surface area (Å²) in [5.41, 5.74) is 8.55. The van der Waals surface area contributed by atoms with Crippen molar-refractivity contribution < 1.29 is 24.2 Å². The Morgan fingerprint density at radius 3 is 2.30 bits per heavy atom. The van der Waals surface area contributed by atoms with Crippen LogP contribution in [0.15, 0.2) is 72.8 Å². The van der Waals surface area contributed by atoms with Crippen LogP contribution in [0.4, 0.5) is 10.5 Å². The van der Waals surface area contributed by atoms with Crippen LogP contribution in [0, 0.1) is 6.92 Å². The van der Waals surface area contributed by atoms with Gasteiger partial charge in [0.05, 0.1) is 18.8 Å². The minimum atomic E-state index is -0.967. The van der Waals surface area contributed by atoms with Crippen LogP contribution in [-0.2, 0) is 37.7 Å². The van der Waals surface area contributed by atoms with Crippen molar-refractivity contribution in [3.05, 3.63) is 112 Å². The monoisotopic (exact) mass is 675 g/mol. The average molecular weight is 676 g/mol. The molecule has 0 spiro atoms. The van der Waals surface area contributed by atoms with Gasteiger partial charge in [-0.3, -0.25) is 14.5 Å². The Morgan fingerprint density at radius 2 is 1.58 bits per heavy atom. The van der Waals surface area contributed by atoms with Gasteiger partial charge < -0.3 is 29.1 Å². The van der Waals surface area contributed by atoms with Crippen LogP contribution in [0.25, 0.3) is 11.3 Å². The SMILES string of the molecule is CCN(C(=O)c1cc(-c2cc3c(cc2C(=O)N2Cc4ccccc4C[C@H]2CN2CCOCC2)CN(C(=O)O)CC3)n(C)c1C)c1ccccc1. The predicted octanol–water partition coefficient (Wildman–Crippen LogP) is 5.60. The smallest absolute Gasteiger partial charge is 0.407 e. The van der Waals surface area contributed by atoms with Gasteiger partial charge in [-0.1, -0.05) is 42.5 Å². The second-order valence-electron chi connectivity index (χ2n) is 13.6. The molecule has 7 rings (SSSR count). The van der Waals surface area contributed by atoms with Gasteiger partial charge in [-0.05, 0) is 79.3 Å². The van der Waals surface area contributed by atoms with E-state index in [0.29, 0.717) is 50.4 Å². The summed E-state index contributed by atoms with van der Waals surface area (Å²) in [6, 6.07) is 23.9. The lowest BCUT2D eigenvalue weighted by molar-refractivity contribution is 0.0193. The van der Waals surface area contributed by atoms with Crippen LogP contribution in [0.3, 0.4) is 0 Å². The Labute approximate surface area is 293 Å². The molecule has 1 saturated heterocycles. The lowest BCUT2D eigenvalue weighted by Gasteiger charge is -2.41. The molecule has 10 nitrogen and oxygen atoms in total. The number of hydrogen-bond acceptors (Lipinski definition) is 5. The van der Waals surface area contributed by atoms with Gasteiger partial charge in [0.15, 0.2) is 0 Å². The van der Waals surface area contributed by atoms with E-state index < -0.39 is 6.09 Å². The van der Waals surface area contributed by atoms with E-state index >= 15 is 4.79 Å². The average Bonchev–Trinajstić information content (AvgIpc) is 3.44. The Hall–Kier alpha value is -4.93. The van der Waals surface area contributed by atoms with Crippen molar-refractivity contribution in [1.29, 1.82) is 0 Å². The highest BCUT2D eigenvalue weighted by Crippen LogP contribution is 2.36. The molecule has 4 heterocycles. The number of hydrogen-bond donors (Lipinski definition) is 1. The Bertz CT molecular complexity index is 1910. The molecule has 1 fully saturated rings. The Balaban J connectivity index is 1.32. The first-order valence-corrected chi connectivity index (χ1v) is 17.6. The molecule has 3 aliphatic rings. The molecule has 260 valence electrons. The number of nitrogens with zero attached hydrogens (tertiary/aromatic N) is 5. The number of carboxylic acid groups (broad SMARTS) is 1. The van der Waals surface area contributed by atoms with Gasteiger partial charge in [0.2, 0.25) is 0 Å². The molecule has 3 aromatic carbocycles. The number of aromatic nitrogens is 1. The number of ether oxygens (including phenoxy) is 1. The zero-order chi connectivity index (χ0) is 34.9. The maximum atomic E-state index is 15.1. The van der Waals surface area contributed by atoms with Crippen LogP contribution in [0.1, 0.15) is 55.6 Å². The quantitative estimate of drug-likeness (QED) is 0.274. The first kappa shape index (κ1) is 33.6. The van der Waals surface area contributed by atoms with Gasteiger partial charge in [0.25, 0.3) is 11.8 Å². The zero-order valence-corrected chi connectivity index (χ0v) is 29.1. The lowest BCUT2D eigenvalue weighted by atomic mass is 9.89. The summed E-state index contributed by atoms with van der Waals surface area (Å²) >= 11 is 0. The number of anilines is 1. The molecular formula is C40H45N5O5. The predicted molar refractivity (Wildman–Crippen MR) is 193 cm³/mol. The minimum Gasteiger partial charge on any atom is -0.465 e. The molecule has 1 aromatic heterocycles. The Kier molecular flexibility index (Phi) is 9.48. The molecule has 0 saturated carbocycles. The van der Waals surface area contributed by atoms with Gasteiger partial charge in [0.1, 0.15) is 0 Å². The van der Waals surface area contributed by atoms with E-state index in [1.54, 1.807) is 4.90 Å². The van der Waals surface area contributed by atoms with Gasteiger partial charge in [0, 0.05) is 87.1 Å². The number of benzene rings is 3. The molecule has 3 aliphatic heterocycles. The standard InChI is InChI=1S/C40H45N5O5/c1-4-44(32-12-6-5-7-13-32)38(46)34-23-37(41(3)27(34)2)35-21-29-14-15-43(40(48)49)24-31(29)22-36(35)39(47)45-25-30-11-9-8-10-28(30)20-33(45)26-42-16-18-50-19-17-42/h5-13,21-23,33H,4,14-20,24-26H2,1-3H3,(H,48,49)/t33-/m0/s1. The molecule has 0 radical (unpaired) electrons. The van der Waals surface area contributed by atoms with Crippen molar-refractivity contribution in [3.8, 4) is 11.3 Å². The van der Waals surface area contributed by atoms with Crippen LogP contribution in [0.2, 0.25) is 0 Å². The fraction of sp³-hybridized carbons (Fsp3) is 0.375. The summed E-state index contributed by atoms with van der Waals surface area (Å²) in [6.07, 6.45) is 0.332. The van der Waals surface area contributed by atoms with E-state index in [4.69, 9.17) is 4.74 Å². The summed E-state index contributed by atoms with van der Waals surface area (Å²) in [5, 5.41) is 9.83. The maximum Gasteiger partial charge on any atom is 0.407 e. The maximum absolute atomic E-state index is 15.1. The highest BCUT2D eigenvalue weighted by Gasteiger charge is 2.35. The molecule has 10 heteroatoms. The third-order valence-corrected chi connectivity index (χ3v) is 10.7. The molecule has 1 atom stereocenters. The minimum absolute atomic E-state index is 0.0498. The summed E-state index contributed by atoms with van der Waals surface area (Å²) in [5.74, 6) is -0.187. The molecule has 3 amide bonds. The topological polar surface area (TPSA) is 98.6 Å². The highest BCUT2D eigenvalue weighted by atomic mass is 16.5. The molecule has 0 aliphatic carbocycles. The van der Waals surface area contributed by atoms with E-state index in [0.717, 1.165) is 65.4 Å². The molecule has 1 N–H and O–H groups in total. The van der Waals surface area contributed by atoms with Crippen molar-refractivity contribution in [2.45, 2.75) is 45.8 Å². The van der Waals surface area contributed by atoms with E-state index in [2.05, 4.69) is 29.2 Å². The summed E-state index contributed by atoms with van der Waals surface area (Å²) in [6.45, 7) is 9.27. The van der Waals surface area contributed by atoms with Gasteiger partial charge in [-0.2, -0.15) is 0 Å². The first-order chi connectivity index (χ1) is 24.2. The largest absolute Gasteiger partial charge is 0.465 e. The van der Waals surface area contributed by atoms with E-state index in [1.807, 2.05) is 78.9 Å². The fourth-order valence-electron chi connectivity index (χ4n) is 7.76. The number of carbonyl (C=O) groups is 3. The van der Waals surface area contributed by atoms with Crippen molar-refractivity contribution >= 4 is 23.6 Å². The summed E-state index contributed by atoms with van der Waals surface area (Å²) < 4.78 is 7.63. The number of amides is 3. The van der Waals surface area contributed by atoms with Crippen molar-refractivity contribution in [1.82, 2.24) is 19.3 Å². The van der Waals surface area contributed by atoms with E-state index in [-0.39, 0.29) is 24.4 Å². The van der Waals surface area contributed by atoms with Crippen LogP contribution < -0.4 is 4.90 Å². The third-order valence-electron chi connectivity index (χ3n) is 10.7. The summed E-state index contributed by atoms with van der Waals surface area (Å²) in [7, 11) is 1.94. The number of fused-ring (bicyclic) bond motifs is 2. The van der Waals surface area contributed by atoms with E-state index in [1.165, 1.54) is 10.5 Å². The number of rotatable bonds is 7. The second kappa shape index (κ2) is 14.1. The van der Waals surface area contributed by atoms with E-state index in [9.17, 15) is 14.7 Å². The van der Waals surface area contributed by atoms with Crippen molar-refractivity contribution in [3.63, 3.8) is 0 Å². The summed E-state index contributed by atoms with van der Waals surface area (Å²) in [4.78, 5) is 48.8. The molecule has 50 heavy (non-hydrogen) atoms. The van der Waals surface area contributed by atoms with Crippen LogP contribution in [-0.4, -0.2) is 94.3 Å². The van der Waals surface area contributed by atoms with Crippen LogP contribution >= 0.6 is 0 Å². The van der Waals surface area contributed by atoms with Gasteiger partial charge >= 0.3 is 6.09 Å². The zero-order valence-electron chi connectivity index (χ0n) is 29.1. The fourth-order valence-corrected chi connectivity index (χ4v) is 7.76. The number of carbonyl (C=O) groups excluding carboxylic acids is 2. The molecule has 0 bridgehead atoms. The number of morpholine rings is 1. The van der Waals surface area contributed by atoms with Crippen molar-refractivity contribution in [2.24, 2.45) is 7.05 Å². The highest BCUT2D eigenvalue weighted by molar-refractivity contribution is 6.08. The number of para-hydroxylation sites is 1. The van der Waals surface area contributed by atoms with Gasteiger partial charge in [-0.25, -0.2) is 4.79 Å². The molecule has 0 unspecified atom stereocenters. The third kappa shape index (κ3) is 6.41. The normalized spacial score (nSPS) is 17.6. The lowest BCUT2D eigenvalue weighted by Crippen LogP contribution is -2.52. The molecular weight excluding hydrogens is 630 g/mol. The van der Waals surface area contributed by atoms with Crippen molar-refractivity contribution in [2.75, 3.05) is 50.8 Å². The first-order valence-electron chi connectivity index (χ1n) is 17.6. The Morgan fingerprint density at radius 1 is 0.860 bits per heavy atom. The molecule has 4 aromatic rings. The van der Waals surface area contributed by atoms with Gasteiger partial charge in [-0.15, -0.1) is 0 Å². The van der Waals surface area contributed by atoms with Crippen LogP contribution in [0.5, 0.6) is 0 Å².